The molecule has 3 rings (SSSR count). The minimum atomic E-state index is 0.183. The Hall–Kier alpha value is -1.68. The Morgan fingerprint density at radius 1 is 1.33 bits per heavy atom. The molecule has 2 aromatic heterocycles. The van der Waals surface area contributed by atoms with Gasteiger partial charge in [-0.3, -0.25) is 0 Å². The third kappa shape index (κ3) is 2.86. The number of nitrogens with zero attached hydrogens (tertiary/aromatic N) is 3. The molecule has 0 aliphatic heterocycles. The van der Waals surface area contributed by atoms with E-state index in [9.17, 15) is 5.26 Å². The fraction of sp³-hybridized carbons (Fsp3) is 0.0714. The van der Waals surface area contributed by atoms with Gasteiger partial charge in [-0.15, -0.1) is 11.3 Å². The Morgan fingerprint density at radius 3 is 2.90 bits per heavy atom. The summed E-state index contributed by atoms with van der Waals surface area (Å²) in [5.41, 5.74) is 1.21. The van der Waals surface area contributed by atoms with E-state index in [1.54, 1.807) is 17.4 Å². The van der Waals surface area contributed by atoms with Crippen LogP contribution in [0.15, 0.2) is 28.7 Å². The van der Waals surface area contributed by atoms with Gasteiger partial charge in [0.1, 0.15) is 16.7 Å². The molecule has 21 heavy (non-hydrogen) atoms. The van der Waals surface area contributed by atoms with Gasteiger partial charge in [0.25, 0.3) is 0 Å². The monoisotopic (exact) mass is 378 g/mol. The van der Waals surface area contributed by atoms with Crippen LogP contribution in [0.4, 0.5) is 11.5 Å². The number of fused-ring (bicyclic) bond motifs is 1. The van der Waals surface area contributed by atoms with Crippen molar-refractivity contribution in [1.82, 2.24) is 9.97 Å². The maximum absolute atomic E-state index is 9.23. The summed E-state index contributed by atoms with van der Waals surface area (Å²) in [6.45, 7) is 2.00. The molecule has 0 amide bonds. The lowest BCUT2D eigenvalue weighted by Gasteiger charge is -2.09. The maximum atomic E-state index is 9.23. The summed E-state index contributed by atoms with van der Waals surface area (Å²) in [7, 11) is 0. The van der Waals surface area contributed by atoms with Crippen LogP contribution in [0.1, 0.15) is 10.4 Å². The molecule has 0 fully saturated rings. The van der Waals surface area contributed by atoms with Crippen molar-refractivity contribution >= 4 is 60.6 Å². The molecular weight excluding hydrogens is 372 g/mol. The molecular formula is C14H8BrClN4S. The van der Waals surface area contributed by atoms with Gasteiger partial charge in [-0.05, 0) is 42.8 Å². The van der Waals surface area contributed by atoms with Crippen LogP contribution >= 0.6 is 38.9 Å². The van der Waals surface area contributed by atoms with Gasteiger partial charge in [0.05, 0.1) is 16.6 Å². The number of hydrogen-bond donors (Lipinski definition) is 1. The lowest BCUT2D eigenvalue weighted by atomic mass is 10.2. The minimum absolute atomic E-state index is 0.183. The highest BCUT2D eigenvalue weighted by molar-refractivity contribution is 9.10. The lowest BCUT2D eigenvalue weighted by molar-refractivity contribution is 1.23. The van der Waals surface area contributed by atoms with Crippen LogP contribution in [0.2, 0.25) is 5.28 Å². The summed E-state index contributed by atoms with van der Waals surface area (Å²) in [6.07, 6.45) is 0. The van der Waals surface area contributed by atoms with Crippen LogP contribution in [0.5, 0.6) is 0 Å². The van der Waals surface area contributed by atoms with Crippen LogP contribution in [0.25, 0.3) is 10.2 Å². The molecule has 7 heteroatoms. The van der Waals surface area contributed by atoms with Crippen molar-refractivity contribution in [3.63, 3.8) is 0 Å². The molecule has 3 aromatic rings. The average molecular weight is 380 g/mol. The summed E-state index contributed by atoms with van der Waals surface area (Å²) in [4.78, 5) is 10.4. The van der Waals surface area contributed by atoms with E-state index in [2.05, 4.69) is 37.3 Å². The molecule has 0 bridgehead atoms. The van der Waals surface area contributed by atoms with Gasteiger partial charge in [0, 0.05) is 9.35 Å². The number of anilines is 2. The quantitative estimate of drug-likeness (QED) is 0.634. The van der Waals surface area contributed by atoms with Gasteiger partial charge in [-0.25, -0.2) is 4.98 Å². The fourth-order valence-electron chi connectivity index (χ4n) is 1.96. The van der Waals surface area contributed by atoms with Crippen LogP contribution < -0.4 is 5.32 Å². The highest BCUT2D eigenvalue weighted by Gasteiger charge is 2.11. The number of rotatable bonds is 2. The van der Waals surface area contributed by atoms with E-state index in [0.29, 0.717) is 17.1 Å². The first-order valence-electron chi connectivity index (χ1n) is 5.97. The molecule has 0 unspecified atom stereocenters. The molecule has 0 saturated heterocycles. The second-order valence-electron chi connectivity index (χ2n) is 4.34. The fourth-order valence-corrected chi connectivity index (χ4v) is 3.42. The highest BCUT2D eigenvalue weighted by Crippen LogP contribution is 2.32. The Morgan fingerprint density at radius 2 is 2.14 bits per heavy atom. The lowest BCUT2D eigenvalue weighted by Crippen LogP contribution is -1.98. The van der Waals surface area contributed by atoms with E-state index < -0.39 is 0 Å². The Labute approximate surface area is 138 Å². The number of nitrogens with one attached hydrogen (secondary N) is 1. The standard InChI is InChI=1S/C14H8BrClN4S/c1-7-4-10-12(19-14(16)20-13(10)21-7)18-11-3-2-9(15)5-8(11)6-17/h2-5H,1H3,(H,18,19,20). The topological polar surface area (TPSA) is 61.6 Å². The normalized spacial score (nSPS) is 10.6. The summed E-state index contributed by atoms with van der Waals surface area (Å²) >= 11 is 10.9. The summed E-state index contributed by atoms with van der Waals surface area (Å²) in [5, 5.41) is 13.5. The van der Waals surface area contributed by atoms with E-state index >= 15 is 0 Å². The van der Waals surface area contributed by atoms with E-state index in [0.717, 1.165) is 19.6 Å². The minimum Gasteiger partial charge on any atom is -0.338 e. The SMILES string of the molecule is Cc1cc2c(Nc3ccc(Br)cc3C#N)nc(Cl)nc2s1. The Balaban J connectivity index is 2.12. The number of halogens is 2. The molecule has 1 aromatic carbocycles. The summed E-state index contributed by atoms with van der Waals surface area (Å²) < 4.78 is 0.849. The zero-order chi connectivity index (χ0) is 15.0. The first-order valence-corrected chi connectivity index (χ1v) is 7.96. The Bertz CT molecular complexity index is 885. The molecule has 104 valence electrons. The van der Waals surface area contributed by atoms with Crippen LogP contribution in [-0.4, -0.2) is 9.97 Å². The molecule has 0 atom stereocenters. The second kappa shape index (κ2) is 5.60. The van der Waals surface area contributed by atoms with Gasteiger partial charge in [0.2, 0.25) is 5.28 Å². The number of aromatic nitrogens is 2. The molecule has 0 aliphatic rings. The highest BCUT2D eigenvalue weighted by atomic mass is 79.9. The van der Waals surface area contributed by atoms with Crippen molar-refractivity contribution < 1.29 is 0 Å². The van der Waals surface area contributed by atoms with Gasteiger partial charge in [-0.2, -0.15) is 10.2 Å². The second-order valence-corrected chi connectivity index (χ2v) is 6.83. The molecule has 0 spiro atoms. The van der Waals surface area contributed by atoms with E-state index in [1.807, 2.05) is 25.1 Å². The predicted molar refractivity (Wildman–Crippen MR) is 89.3 cm³/mol. The van der Waals surface area contributed by atoms with Crippen LogP contribution in [0, 0.1) is 18.3 Å². The van der Waals surface area contributed by atoms with Crippen molar-refractivity contribution in [3.05, 3.63) is 44.5 Å². The zero-order valence-corrected chi connectivity index (χ0v) is 14.0. The van der Waals surface area contributed by atoms with Crippen LogP contribution in [0.3, 0.4) is 0 Å². The van der Waals surface area contributed by atoms with E-state index in [1.165, 1.54) is 0 Å². The number of benzene rings is 1. The van der Waals surface area contributed by atoms with Crippen molar-refractivity contribution in [2.24, 2.45) is 0 Å². The molecule has 4 nitrogen and oxygen atoms in total. The molecule has 1 N–H and O–H groups in total. The molecule has 0 saturated carbocycles. The molecule has 0 radical (unpaired) electrons. The zero-order valence-electron chi connectivity index (χ0n) is 10.8. The number of hydrogen-bond acceptors (Lipinski definition) is 5. The van der Waals surface area contributed by atoms with Crippen molar-refractivity contribution in [2.75, 3.05) is 5.32 Å². The van der Waals surface area contributed by atoms with Crippen molar-refractivity contribution in [2.45, 2.75) is 6.92 Å². The van der Waals surface area contributed by atoms with Crippen molar-refractivity contribution in [3.8, 4) is 6.07 Å². The summed E-state index contributed by atoms with van der Waals surface area (Å²) in [5.74, 6) is 0.605. The number of thiophene rings is 1. The van der Waals surface area contributed by atoms with Gasteiger partial charge >= 0.3 is 0 Å². The number of nitriles is 1. The largest absolute Gasteiger partial charge is 0.338 e. The third-order valence-electron chi connectivity index (χ3n) is 2.84. The average Bonchev–Trinajstić information content (AvgIpc) is 2.81. The maximum Gasteiger partial charge on any atom is 0.225 e. The smallest absolute Gasteiger partial charge is 0.225 e. The molecule has 2 heterocycles. The van der Waals surface area contributed by atoms with Crippen molar-refractivity contribution in [1.29, 1.82) is 5.26 Å². The van der Waals surface area contributed by atoms with Gasteiger partial charge in [-0.1, -0.05) is 15.9 Å². The number of aryl methyl sites for hydroxylation is 1. The predicted octanol–water partition coefficient (Wildman–Crippen LogP) is 5.03. The third-order valence-corrected chi connectivity index (χ3v) is 4.45. The first-order chi connectivity index (χ1) is 10.1. The van der Waals surface area contributed by atoms with E-state index in [4.69, 9.17) is 11.6 Å². The first kappa shape index (κ1) is 14.3. The summed E-state index contributed by atoms with van der Waals surface area (Å²) in [6, 6.07) is 9.60. The van der Waals surface area contributed by atoms with E-state index in [-0.39, 0.29) is 5.28 Å². The van der Waals surface area contributed by atoms with Crippen LogP contribution in [-0.2, 0) is 0 Å². The Kier molecular flexibility index (Phi) is 3.81. The van der Waals surface area contributed by atoms with Gasteiger partial charge in [0.15, 0.2) is 0 Å². The van der Waals surface area contributed by atoms with Gasteiger partial charge < -0.3 is 5.32 Å². The molecule has 0 aliphatic carbocycles.